The fourth-order valence-corrected chi connectivity index (χ4v) is 12.8. The van der Waals surface area contributed by atoms with Gasteiger partial charge in [0.25, 0.3) is 5.88 Å². The molecule has 21 heteroatoms. The fourth-order valence-electron chi connectivity index (χ4n) is 12.0. The number of piperidine rings is 1. The highest BCUT2D eigenvalue weighted by Gasteiger charge is 2.45. The molecule has 6 aromatic rings. The lowest BCUT2D eigenvalue weighted by Gasteiger charge is -2.43. The first kappa shape index (κ1) is 53.1. The maximum absolute atomic E-state index is 15.3. The summed E-state index contributed by atoms with van der Waals surface area (Å²) in [6, 6.07) is 18.8. The largest absolute Gasteiger partial charge is 0.507 e. The number of benzene rings is 2. The first-order chi connectivity index (χ1) is 37.7. The molecule has 0 radical (unpaired) electrons. The summed E-state index contributed by atoms with van der Waals surface area (Å²) in [6.07, 6.45) is 6.98. The third-order valence-electron chi connectivity index (χ3n) is 16.2. The first-order valence-electron chi connectivity index (χ1n) is 27.3. The number of nitrogens with one attached hydrogen (secondary N) is 1. The van der Waals surface area contributed by atoms with Crippen LogP contribution in [0.3, 0.4) is 0 Å². The Hall–Kier alpha value is -6.94. The minimum absolute atomic E-state index is 0.00804. The van der Waals surface area contributed by atoms with E-state index in [-0.39, 0.29) is 66.8 Å². The highest BCUT2D eigenvalue weighted by Crippen LogP contribution is 2.41. The Bertz CT molecular complexity index is 3080. The zero-order valence-corrected chi connectivity index (χ0v) is 45.2. The molecular weight excluding hydrogens is 1020 g/mol. The molecule has 19 nitrogen and oxygen atoms in total. The number of para-hydroxylation sites is 1. The number of hydrogen-bond donors (Lipinski definition) is 4. The molecule has 2 aromatic carbocycles. The first-order valence-corrected chi connectivity index (χ1v) is 28.1. The van der Waals surface area contributed by atoms with Crippen LogP contribution in [0.2, 0.25) is 0 Å². The van der Waals surface area contributed by atoms with Gasteiger partial charge in [-0.2, -0.15) is 0 Å². The van der Waals surface area contributed by atoms with E-state index in [1.54, 1.807) is 42.8 Å². The molecule has 8 heterocycles. The molecule has 1 saturated carbocycles. The van der Waals surface area contributed by atoms with Gasteiger partial charge in [-0.1, -0.05) is 38.1 Å². The predicted octanol–water partition coefficient (Wildman–Crippen LogP) is 7.29. The van der Waals surface area contributed by atoms with Crippen LogP contribution in [0.5, 0.6) is 17.5 Å². The summed E-state index contributed by atoms with van der Waals surface area (Å²) in [7, 11) is 0. The summed E-state index contributed by atoms with van der Waals surface area (Å²) in [5.74, 6) is -0.438. The second kappa shape index (κ2) is 22.8. The molecule has 78 heavy (non-hydrogen) atoms. The van der Waals surface area contributed by atoms with E-state index in [0.29, 0.717) is 53.0 Å². The van der Waals surface area contributed by atoms with Gasteiger partial charge < -0.3 is 54.7 Å². The van der Waals surface area contributed by atoms with Crippen molar-refractivity contribution in [1.82, 2.24) is 40.4 Å². The summed E-state index contributed by atoms with van der Waals surface area (Å²) in [5, 5.41) is 36.8. The molecule has 5 aliphatic rings. The lowest BCUT2D eigenvalue weighted by Crippen LogP contribution is -2.54. The average Bonchev–Trinajstić information content (AvgIpc) is 4.35. The number of carbonyl (C=O) groups excluding carboxylic acids is 2. The number of ether oxygens (including phenoxy) is 3. The van der Waals surface area contributed by atoms with Crippen molar-refractivity contribution < 1.29 is 42.9 Å². The number of aromatic hydroxyl groups is 1. The van der Waals surface area contributed by atoms with Gasteiger partial charge in [-0.15, -0.1) is 21.5 Å². The molecule has 5 fully saturated rings. The van der Waals surface area contributed by atoms with E-state index < -0.39 is 35.8 Å². The number of phenols is 1. The second-order valence-electron chi connectivity index (χ2n) is 21.8. The number of amides is 2. The SMILES string of the molecule is Cc1ncsc1-c1ccc([C@H](C)NC(=O)[C@@H]2C[C@@H](O)CN2C(=O)[C@H](c2cc(OCCN3CCC(OC4CC(Oc5cc(N6C7CCC6CN(c6cc(-c8ccccc8O)nnc6N)C7)ccn5)C4)CC3)no2)C(C)C)cc1F. The molecule has 4 saturated heterocycles. The van der Waals surface area contributed by atoms with Gasteiger partial charge in [0.15, 0.2) is 11.6 Å². The van der Waals surface area contributed by atoms with Gasteiger partial charge in [-0.05, 0) is 86.5 Å². The number of likely N-dealkylation sites (tertiary alicyclic amines) is 2. The van der Waals surface area contributed by atoms with Crippen LogP contribution in [-0.2, 0) is 14.3 Å². The van der Waals surface area contributed by atoms with Gasteiger partial charge in [0.05, 0.1) is 51.8 Å². The smallest absolute Gasteiger partial charge is 0.254 e. The highest BCUT2D eigenvalue weighted by molar-refractivity contribution is 7.13. The molecule has 4 aromatic heterocycles. The standard InChI is InChI=1S/C57H68FN11O8S/c1-32(2)53(57(73)68-30-39(70)23-48(68)56(72)62-33(3)35-9-12-43(45(58)21-35)54-34(4)61-31-78-54)50-27-52(65-77-50)74-20-19-66-17-14-40(15-18-66)75-41-24-42(25-41)76-51-22-36(13-16-60-51)69-37-10-11-38(69)29-67(28-37)47-26-46(63-64-55(47)59)44-7-5-6-8-49(44)71/h5-9,12-13,16,21-22,26-27,31-33,37-42,48,53,70-71H,10-11,14-15,17-20,23-25,28-30H2,1-4H3,(H2,59,64)(H,62,72)/t33-,37?,38?,39+,41?,42?,48-,53-/m0/s1. The Morgan fingerprint density at radius 3 is 2.41 bits per heavy atom. The normalized spacial score (nSPS) is 23.3. The number of aromatic nitrogens is 5. The zero-order chi connectivity index (χ0) is 54.2. The Kier molecular flexibility index (Phi) is 15.5. The van der Waals surface area contributed by atoms with Gasteiger partial charge in [0, 0.05) is 106 Å². The molecule has 2 bridgehead atoms. The Balaban J connectivity index is 0.603. The van der Waals surface area contributed by atoms with Gasteiger partial charge in [-0.3, -0.25) is 14.5 Å². The number of halogens is 1. The summed E-state index contributed by atoms with van der Waals surface area (Å²) in [5.41, 5.74) is 13.0. The molecule has 412 valence electrons. The van der Waals surface area contributed by atoms with E-state index >= 15 is 4.39 Å². The van der Waals surface area contributed by atoms with Crippen LogP contribution < -0.4 is 30.3 Å². The van der Waals surface area contributed by atoms with Crippen LogP contribution in [0.15, 0.2) is 83.0 Å². The van der Waals surface area contributed by atoms with Crippen molar-refractivity contribution in [3.63, 3.8) is 0 Å². The third-order valence-corrected chi connectivity index (χ3v) is 17.2. The second-order valence-corrected chi connectivity index (χ2v) is 22.7. The number of hydrogen-bond acceptors (Lipinski definition) is 18. The van der Waals surface area contributed by atoms with Gasteiger partial charge in [-0.25, -0.2) is 14.4 Å². The maximum Gasteiger partial charge on any atom is 0.254 e. The summed E-state index contributed by atoms with van der Waals surface area (Å²) in [4.78, 5) is 46.1. The van der Waals surface area contributed by atoms with E-state index in [1.807, 2.05) is 45.2 Å². The predicted molar refractivity (Wildman–Crippen MR) is 292 cm³/mol. The van der Waals surface area contributed by atoms with Crippen molar-refractivity contribution in [2.75, 3.05) is 61.4 Å². The Labute approximate surface area is 456 Å². The van der Waals surface area contributed by atoms with Crippen molar-refractivity contribution in [3.05, 3.63) is 101 Å². The number of anilines is 3. The minimum atomic E-state index is -0.927. The van der Waals surface area contributed by atoms with Crippen LogP contribution in [0.4, 0.5) is 21.6 Å². The molecule has 4 aliphatic heterocycles. The molecule has 1 aliphatic carbocycles. The van der Waals surface area contributed by atoms with Crippen molar-refractivity contribution in [2.24, 2.45) is 5.92 Å². The lowest BCUT2D eigenvalue weighted by atomic mass is 9.91. The number of piperazine rings is 1. The van der Waals surface area contributed by atoms with E-state index in [2.05, 4.69) is 57.5 Å². The summed E-state index contributed by atoms with van der Waals surface area (Å²) in [6.45, 7) is 11.8. The van der Waals surface area contributed by atoms with Gasteiger partial charge in [0.1, 0.15) is 36.2 Å². The number of nitrogen functional groups attached to an aromatic ring is 1. The molecule has 5 N–H and O–H groups in total. The van der Waals surface area contributed by atoms with Crippen molar-refractivity contribution >= 4 is 40.3 Å². The van der Waals surface area contributed by atoms with Gasteiger partial charge >= 0.3 is 0 Å². The zero-order valence-electron chi connectivity index (χ0n) is 44.4. The summed E-state index contributed by atoms with van der Waals surface area (Å²) >= 11 is 1.37. The lowest BCUT2D eigenvalue weighted by molar-refractivity contribution is -0.141. The number of nitrogens with zero attached hydrogens (tertiary/aromatic N) is 9. The quantitative estimate of drug-likeness (QED) is 0.0662. The molecule has 2 amide bonds. The van der Waals surface area contributed by atoms with Crippen molar-refractivity contribution in [2.45, 2.75) is 127 Å². The number of nitrogens with two attached hydrogens (primary N) is 1. The number of β-amino-alcohol motifs (C(OH)–C–C–N with tert-alkyl or cyclic N) is 1. The number of aliphatic hydroxyl groups is 1. The Morgan fingerprint density at radius 1 is 0.897 bits per heavy atom. The molecule has 6 atom stereocenters. The number of fused-ring (bicyclic) bond motifs is 2. The number of rotatable bonds is 18. The fraction of sp³-hybridized carbons (Fsp3) is 0.491. The van der Waals surface area contributed by atoms with E-state index in [0.717, 1.165) is 86.6 Å². The number of carbonyl (C=O) groups is 2. The highest BCUT2D eigenvalue weighted by atomic mass is 32.1. The topological polar surface area (TPSA) is 231 Å². The molecule has 11 rings (SSSR count). The minimum Gasteiger partial charge on any atom is -0.507 e. The third kappa shape index (κ3) is 11.3. The molecule has 2 unspecified atom stereocenters. The van der Waals surface area contributed by atoms with E-state index in [9.17, 15) is 19.8 Å². The summed E-state index contributed by atoms with van der Waals surface area (Å²) < 4.78 is 40.0. The van der Waals surface area contributed by atoms with Crippen LogP contribution in [0.25, 0.3) is 21.7 Å². The van der Waals surface area contributed by atoms with E-state index in [1.165, 1.54) is 22.3 Å². The van der Waals surface area contributed by atoms with Gasteiger partial charge in [0.2, 0.25) is 17.7 Å². The molecule has 0 spiro atoms. The van der Waals surface area contributed by atoms with Crippen LogP contribution in [-0.4, -0.2) is 146 Å². The van der Waals surface area contributed by atoms with E-state index in [4.69, 9.17) is 24.5 Å². The van der Waals surface area contributed by atoms with Crippen LogP contribution in [0, 0.1) is 18.7 Å². The number of pyridine rings is 1. The van der Waals surface area contributed by atoms with Crippen LogP contribution >= 0.6 is 11.3 Å². The monoisotopic (exact) mass is 1090 g/mol. The molecular formula is C57H68FN11O8S. The number of thiazole rings is 1. The number of aliphatic hydroxyl groups excluding tert-OH is 1. The van der Waals surface area contributed by atoms with Crippen molar-refractivity contribution in [1.29, 1.82) is 0 Å². The number of phenolic OH excluding ortho intramolecular Hbond substituents is 1. The van der Waals surface area contributed by atoms with Crippen LogP contribution in [0.1, 0.15) is 94.7 Å². The Morgan fingerprint density at radius 2 is 1.68 bits per heavy atom. The number of aryl methyl sites for hydroxylation is 1. The van der Waals surface area contributed by atoms with Crippen molar-refractivity contribution in [3.8, 4) is 39.2 Å². The maximum atomic E-state index is 15.3. The average molecular weight is 1090 g/mol.